The number of carbonyl (C=O) groups excluding carboxylic acids is 1. The molecule has 2 rings (SSSR count). The number of thiophene rings is 1. The van der Waals surface area contributed by atoms with E-state index in [2.05, 4.69) is 27.3 Å². The molecule has 0 unspecified atom stereocenters. The second-order valence-electron chi connectivity index (χ2n) is 3.93. The van der Waals surface area contributed by atoms with E-state index in [1.165, 1.54) is 4.88 Å². The van der Waals surface area contributed by atoms with Crippen LogP contribution in [-0.2, 0) is 11.2 Å². The van der Waals surface area contributed by atoms with Gasteiger partial charge in [-0.05, 0) is 41.3 Å². The summed E-state index contributed by atoms with van der Waals surface area (Å²) in [4.78, 5) is 12.8. The van der Waals surface area contributed by atoms with Crippen molar-refractivity contribution in [3.8, 4) is 6.07 Å². The van der Waals surface area contributed by atoms with E-state index in [1.54, 1.807) is 11.3 Å². The molecule has 84 valence electrons. The lowest BCUT2D eigenvalue weighted by Crippen LogP contribution is -2.32. The van der Waals surface area contributed by atoms with Crippen molar-refractivity contribution in [2.24, 2.45) is 5.41 Å². The Kier molecular flexibility index (Phi) is 3.31. The average Bonchev–Trinajstić information content (AvgIpc) is 2.98. The molecule has 1 aromatic rings. The quantitative estimate of drug-likeness (QED) is 0.928. The van der Waals surface area contributed by atoms with E-state index in [9.17, 15) is 4.79 Å². The van der Waals surface area contributed by atoms with Gasteiger partial charge in [0.15, 0.2) is 0 Å². The van der Waals surface area contributed by atoms with Gasteiger partial charge in [-0.2, -0.15) is 5.26 Å². The lowest BCUT2D eigenvalue weighted by molar-refractivity contribution is -0.124. The number of nitriles is 1. The van der Waals surface area contributed by atoms with Gasteiger partial charge in [0.05, 0.1) is 6.07 Å². The van der Waals surface area contributed by atoms with Crippen LogP contribution in [0.1, 0.15) is 17.7 Å². The molecule has 1 aromatic heterocycles. The monoisotopic (exact) mass is 298 g/mol. The van der Waals surface area contributed by atoms with E-state index in [-0.39, 0.29) is 5.91 Å². The van der Waals surface area contributed by atoms with Crippen LogP contribution < -0.4 is 5.32 Å². The zero-order valence-electron chi connectivity index (χ0n) is 8.62. The summed E-state index contributed by atoms with van der Waals surface area (Å²) in [6.45, 7) is 0.606. The van der Waals surface area contributed by atoms with Gasteiger partial charge in [0.2, 0.25) is 5.91 Å². The van der Waals surface area contributed by atoms with Gasteiger partial charge >= 0.3 is 0 Å². The first kappa shape index (κ1) is 11.6. The van der Waals surface area contributed by atoms with Crippen LogP contribution in [-0.4, -0.2) is 12.5 Å². The molecular weight excluding hydrogens is 288 g/mol. The number of hydrogen-bond donors (Lipinski definition) is 1. The van der Waals surface area contributed by atoms with Gasteiger partial charge in [-0.1, -0.05) is 0 Å². The van der Waals surface area contributed by atoms with Crippen LogP contribution in [0.4, 0.5) is 0 Å². The summed E-state index contributed by atoms with van der Waals surface area (Å²) in [5.41, 5.74) is -0.698. The molecule has 0 radical (unpaired) electrons. The highest BCUT2D eigenvalue weighted by Crippen LogP contribution is 2.44. The summed E-state index contributed by atoms with van der Waals surface area (Å²) in [7, 11) is 0. The van der Waals surface area contributed by atoms with Crippen LogP contribution in [0.3, 0.4) is 0 Å². The van der Waals surface area contributed by atoms with Gasteiger partial charge in [-0.3, -0.25) is 4.79 Å². The van der Waals surface area contributed by atoms with E-state index in [4.69, 9.17) is 5.26 Å². The molecule has 5 heteroatoms. The molecule has 0 aliphatic heterocycles. The largest absolute Gasteiger partial charge is 0.354 e. The molecule has 0 aromatic carbocycles. The Morgan fingerprint density at radius 2 is 2.44 bits per heavy atom. The lowest BCUT2D eigenvalue weighted by atomic mass is 10.1. The Morgan fingerprint density at radius 1 is 1.69 bits per heavy atom. The minimum Gasteiger partial charge on any atom is -0.354 e. The summed E-state index contributed by atoms with van der Waals surface area (Å²) in [5, 5.41) is 13.7. The molecule has 1 aliphatic rings. The molecule has 3 nitrogen and oxygen atoms in total. The van der Waals surface area contributed by atoms with E-state index in [1.807, 2.05) is 11.4 Å². The van der Waals surface area contributed by atoms with Gasteiger partial charge in [-0.15, -0.1) is 11.3 Å². The summed E-state index contributed by atoms with van der Waals surface area (Å²) in [5.74, 6) is -0.106. The van der Waals surface area contributed by atoms with Crippen molar-refractivity contribution >= 4 is 33.2 Å². The number of carbonyl (C=O) groups is 1. The molecule has 1 heterocycles. The predicted molar refractivity (Wildman–Crippen MR) is 66.0 cm³/mol. The fourth-order valence-corrected chi connectivity index (χ4v) is 2.92. The predicted octanol–water partition coefficient (Wildman–Crippen LogP) is 2.47. The number of nitrogens with zero attached hydrogens (tertiary/aromatic N) is 1. The molecular formula is C11H11BrN2OS. The zero-order valence-corrected chi connectivity index (χ0v) is 11.0. The summed E-state index contributed by atoms with van der Waals surface area (Å²) in [6, 6.07) is 4.14. The third kappa shape index (κ3) is 2.45. The fraction of sp³-hybridized carbons (Fsp3) is 0.455. The Balaban J connectivity index is 1.77. The first-order chi connectivity index (χ1) is 7.66. The van der Waals surface area contributed by atoms with Crippen LogP contribution >= 0.6 is 27.3 Å². The molecule has 0 saturated heterocycles. The van der Waals surface area contributed by atoms with Crippen LogP contribution in [0.25, 0.3) is 0 Å². The topological polar surface area (TPSA) is 52.9 Å². The lowest BCUT2D eigenvalue weighted by Gasteiger charge is -2.06. The van der Waals surface area contributed by atoms with Crippen LogP contribution in [0.5, 0.6) is 0 Å². The van der Waals surface area contributed by atoms with E-state index in [0.29, 0.717) is 19.4 Å². The summed E-state index contributed by atoms with van der Waals surface area (Å²) >= 11 is 5.05. The number of halogens is 1. The minimum absolute atomic E-state index is 0.106. The fourth-order valence-electron chi connectivity index (χ4n) is 1.47. The van der Waals surface area contributed by atoms with Gasteiger partial charge in [0.1, 0.15) is 5.41 Å². The smallest absolute Gasteiger partial charge is 0.240 e. The maximum absolute atomic E-state index is 11.6. The second kappa shape index (κ2) is 4.56. The highest BCUT2D eigenvalue weighted by molar-refractivity contribution is 9.10. The zero-order chi connectivity index (χ0) is 11.6. The van der Waals surface area contributed by atoms with E-state index < -0.39 is 5.41 Å². The highest BCUT2D eigenvalue weighted by Gasteiger charge is 2.50. The van der Waals surface area contributed by atoms with E-state index >= 15 is 0 Å². The molecule has 1 N–H and O–H groups in total. The number of hydrogen-bond acceptors (Lipinski definition) is 3. The van der Waals surface area contributed by atoms with Gasteiger partial charge < -0.3 is 5.32 Å². The summed E-state index contributed by atoms with van der Waals surface area (Å²) < 4.78 is 1.08. The molecule has 1 amide bonds. The standard InChI is InChI=1S/C11H11BrN2OS/c12-8-5-9(16-6-8)1-4-14-10(15)11(7-13)2-3-11/h5-6H,1-4H2,(H,14,15). The molecule has 16 heavy (non-hydrogen) atoms. The Labute approximate surface area is 107 Å². The Morgan fingerprint density at radius 3 is 2.94 bits per heavy atom. The summed E-state index contributed by atoms with van der Waals surface area (Å²) in [6.07, 6.45) is 2.24. The van der Waals surface area contributed by atoms with Gasteiger partial charge in [0, 0.05) is 21.3 Å². The normalized spacial score (nSPS) is 16.5. The molecule has 1 aliphatic carbocycles. The average molecular weight is 299 g/mol. The first-order valence-corrected chi connectivity index (χ1v) is 6.76. The van der Waals surface area contributed by atoms with Crippen LogP contribution in [0.2, 0.25) is 0 Å². The third-order valence-corrected chi connectivity index (χ3v) is 4.43. The molecule has 0 spiro atoms. The van der Waals surface area contributed by atoms with E-state index in [0.717, 1.165) is 10.9 Å². The Hall–Kier alpha value is -0.860. The minimum atomic E-state index is -0.698. The maximum Gasteiger partial charge on any atom is 0.240 e. The molecule has 0 bridgehead atoms. The van der Waals surface area contributed by atoms with Crippen molar-refractivity contribution in [1.82, 2.24) is 5.32 Å². The van der Waals surface area contributed by atoms with Crippen molar-refractivity contribution in [3.05, 3.63) is 20.8 Å². The van der Waals surface area contributed by atoms with Gasteiger partial charge in [0.25, 0.3) is 0 Å². The van der Waals surface area contributed by atoms with Crippen molar-refractivity contribution < 1.29 is 4.79 Å². The Bertz CT molecular complexity index is 445. The SMILES string of the molecule is N#CC1(C(=O)NCCc2cc(Br)cs2)CC1. The molecule has 1 saturated carbocycles. The molecule has 1 fully saturated rings. The number of amides is 1. The number of rotatable bonds is 4. The first-order valence-electron chi connectivity index (χ1n) is 5.09. The third-order valence-electron chi connectivity index (χ3n) is 2.68. The second-order valence-corrected chi connectivity index (χ2v) is 5.84. The maximum atomic E-state index is 11.6. The molecule has 0 atom stereocenters. The van der Waals surface area contributed by atoms with Crippen molar-refractivity contribution in [2.75, 3.05) is 6.54 Å². The highest BCUT2D eigenvalue weighted by atomic mass is 79.9. The van der Waals surface area contributed by atoms with Crippen molar-refractivity contribution in [3.63, 3.8) is 0 Å². The van der Waals surface area contributed by atoms with Crippen molar-refractivity contribution in [2.45, 2.75) is 19.3 Å². The number of nitrogens with one attached hydrogen (secondary N) is 1. The van der Waals surface area contributed by atoms with Crippen LogP contribution in [0, 0.1) is 16.7 Å². The van der Waals surface area contributed by atoms with Crippen molar-refractivity contribution in [1.29, 1.82) is 5.26 Å². The van der Waals surface area contributed by atoms with Crippen LogP contribution in [0.15, 0.2) is 15.9 Å². The van der Waals surface area contributed by atoms with Gasteiger partial charge in [-0.25, -0.2) is 0 Å².